The number of rotatable bonds is 7. The molecule has 3 heterocycles. The first-order valence-electron chi connectivity index (χ1n) is 12.4. The Morgan fingerprint density at radius 2 is 1.71 bits per heavy atom. The van der Waals surface area contributed by atoms with Crippen molar-refractivity contribution >= 4 is 38.1 Å². The Hall–Kier alpha value is -2.93. The Bertz CT molecular complexity index is 1420. The molecule has 8 nitrogen and oxygen atoms in total. The maximum atomic E-state index is 14.1. The molecule has 1 atom stereocenters. The Morgan fingerprint density at radius 1 is 1.05 bits per heavy atom. The highest BCUT2D eigenvalue weighted by molar-refractivity contribution is 7.89. The van der Waals surface area contributed by atoms with Crippen LogP contribution in [0.5, 0.6) is 0 Å². The summed E-state index contributed by atoms with van der Waals surface area (Å²) in [6.07, 6.45) is 2.12. The van der Waals surface area contributed by atoms with Crippen molar-refractivity contribution in [3.63, 3.8) is 0 Å². The van der Waals surface area contributed by atoms with Crippen LogP contribution in [0.15, 0.2) is 47.4 Å². The third-order valence-corrected chi connectivity index (χ3v) is 10.1. The number of likely N-dealkylation sites (N-methyl/N-ethyl adjacent to an activating group) is 1. The van der Waals surface area contributed by atoms with Crippen LogP contribution in [0.4, 0.5) is 19.7 Å². The van der Waals surface area contributed by atoms with Gasteiger partial charge in [0.15, 0.2) is 5.13 Å². The summed E-state index contributed by atoms with van der Waals surface area (Å²) >= 11 is 0.924. The first-order valence-corrected chi connectivity index (χ1v) is 14.7. The number of anilines is 2. The van der Waals surface area contributed by atoms with Crippen LogP contribution < -0.4 is 11.1 Å². The van der Waals surface area contributed by atoms with Crippen LogP contribution in [0, 0.1) is 11.6 Å². The Balaban J connectivity index is 1.21. The summed E-state index contributed by atoms with van der Waals surface area (Å²) in [5.41, 5.74) is 6.38. The number of thiazole rings is 1. The van der Waals surface area contributed by atoms with Gasteiger partial charge in [0.1, 0.15) is 22.3 Å². The van der Waals surface area contributed by atoms with Gasteiger partial charge in [0.2, 0.25) is 15.8 Å². The number of nitrogens with one attached hydrogen (secondary N) is 1. The lowest BCUT2D eigenvalue weighted by Crippen LogP contribution is -2.42. The summed E-state index contributed by atoms with van der Waals surface area (Å²) in [6, 6.07) is 10.3. The highest BCUT2D eigenvalue weighted by Gasteiger charge is 2.31. The maximum Gasteiger partial charge on any atom is 0.243 e. The van der Waals surface area contributed by atoms with Crippen LogP contribution in [0.25, 0.3) is 0 Å². The molecule has 0 saturated carbocycles. The summed E-state index contributed by atoms with van der Waals surface area (Å²) in [4.78, 5) is 19.4. The van der Waals surface area contributed by atoms with Crippen LogP contribution in [-0.4, -0.2) is 67.7 Å². The molecule has 2 saturated heterocycles. The molecule has 0 bridgehead atoms. The number of carbonyl (C=O) groups is 1. The van der Waals surface area contributed by atoms with E-state index in [1.807, 2.05) is 12.1 Å². The molecule has 0 spiro atoms. The zero-order valence-corrected chi connectivity index (χ0v) is 22.5. The first-order chi connectivity index (χ1) is 18.1. The van der Waals surface area contributed by atoms with Gasteiger partial charge in [-0.3, -0.25) is 4.79 Å². The van der Waals surface area contributed by atoms with E-state index in [1.165, 1.54) is 10.4 Å². The number of nitrogens with two attached hydrogens (primary N) is 1. The number of hydrogen-bond donors (Lipinski definition) is 2. The fourth-order valence-electron chi connectivity index (χ4n) is 5.07. The number of halogens is 2. The van der Waals surface area contributed by atoms with Crippen molar-refractivity contribution < 1.29 is 22.0 Å². The SMILES string of the molecule is CN1CC[C@@H](c2ccc(S(=O)(=O)N3CCC(Nc4nc(N)c(C(=O)c5c(F)cccc5F)s4)CC3)cc2)C1. The van der Waals surface area contributed by atoms with E-state index in [0.29, 0.717) is 37.0 Å². The molecule has 38 heavy (non-hydrogen) atoms. The highest BCUT2D eigenvalue weighted by atomic mass is 32.2. The predicted molar refractivity (Wildman–Crippen MR) is 143 cm³/mol. The molecule has 2 fully saturated rings. The molecule has 3 N–H and O–H groups in total. The van der Waals surface area contributed by atoms with E-state index in [0.717, 1.165) is 48.5 Å². The van der Waals surface area contributed by atoms with Gasteiger partial charge in [-0.25, -0.2) is 22.2 Å². The highest BCUT2D eigenvalue weighted by Crippen LogP contribution is 2.32. The van der Waals surface area contributed by atoms with E-state index in [-0.39, 0.29) is 21.6 Å². The van der Waals surface area contributed by atoms with Crippen molar-refractivity contribution in [2.24, 2.45) is 0 Å². The van der Waals surface area contributed by atoms with Gasteiger partial charge in [-0.2, -0.15) is 4.31 Å². The molecule has 12 heteroatoms. The minimum absolute atomic E-state index is 0.0517. The molecule has 0 aliphatic carbocycles. The molecular weight excluding hydrogens is 532 g/mol. The van der Waals surface area contributed by atoms with E-state index in [4.69, 9.17) is 5.73 Å². The predicted octanol–water partition coefficient (Wildman–Crippen LogP) is 3.92. The van der Waals surface area contributed by atoms with Crippen LogP contribution in [-0.2, 0) is 10.0 Å². The normalized spacial score (nSPS) is 19.6. The second-order valence-electron chi connectivity index (χ2n) is 9.80. The Labute approximate surface area is 224 Å². The minimum Gasteiger partial charge on any atom is -0.382 e. The molecular formula is C26H29F2N5O3S2. The lowest BCUT2D eigenvalue weighted by molar-refractivity contribution is 0.103. The fraction of sp³-hybridized carbons (Fsp3) is 0.385. The number of piperidine rings is 1. The van der Waals surface area contributed by atoms with Gasteiger partial charge in [0.25, 0.3) is 0 Å². The topological polar surface area (TPSA) is 109 Å². The molecule has 1 aromatic heterocycles. The summed E-state index contributed by atoms with van der Waals surface area (Å²) in [5, 5.41) is 3.54. The van der Waals surface area contributed by atoms with Gasteiger partial charge in [-0.05, 0) is 68.6 Å². The van der Waals surface area contributed by atoms with Gasteiger partial charge >= 0.3 is 0 Å². The van der Waals surface area contributed by atoms with Crippen LogP contribution in [0.3, 0.4) is 0 Å². The fourth-order valence-corrected chi connectivity index (χ4v) is 7.45. The third kappa shape index (κ3) is 5.31. The number of aromatic nitrogens is 1. The van der Waals surface area contributed by atoms with Crippen molar-refractivity contribution in [2.45, 2.75) is 36.1 Å². The van der Waals surface area contributed by atoms with Crippen molar-refractivity contribution in [1.82, 2.24) is 14.2 Å². The average molecular weight is 562 g/mol. The Kier molecular flexibility index (Phi) is 7.49. The van der Waals surface area contributed by atoms with Gasteiger partial charge < -0.3 is 16.0 Å². The number of ketones is 1. The molecule has 0 unspecified atom stereocenters. The molecule has 2 aromatic carbocycles. The molecule has 0 amide bonds. The van der Waals surface area contributed by atoms with E-state index in [1.54, 1.807) is 12.1 Å². The summed E-state index contributed by atoms with van der Waals surface area (Å²) in [5.74, 6) is -2.48. The summed E-state index contributed by atoms with van der Waals surface area (Å²) in [6.45, 7) is 2.67. The van der Waals surface area contributed by atoms with Gasteiger partial charge in [0.05, 0.1) is 10.5 Å². The monoisotopic (exact) mass is 561 g/mol. The first kappa shape index (κ1) is 26.7. The molecule has 2 aliphatic rings. The van der Waals surface area contributed by atoms with E-state index in [2.05, 4.69) is 22.2 Å². The zero-order chi connectivity index (χ0) is 27.0. The standard InChI is InChI=1S/C26H29F2N5O3S2/c1-32-12-9-17(15-32)16-5-7-19(8-6-16)38(35,36)33-13-10-18(11-14-33)30-26-31-25(29)24(37-26)23(34)22-20(27)3-2-4-21(22)28/h2-8,17-18H,9-15,29H2,1H3,(H,30,31)/t17-/m1/s1. The second-order valence-corrected chi connectivity index (χ2v) is 12.7. The van der Waals surface area contributed by atoms with Crippen molar-refractivity contribution in [3.05, 3.63) is 70.1 Å². The maximum absolute atomic E-state index is 14.1. The molecule has 2 aliphatic heterocycles. The number of carbonyl (C=O) groups excluding carboxylic acids is 1. The second kappa shape index (κ2) is 10.7. The largest absolute Gasteiger partial charge is 0.382 e. The van der Waals surface area contributed by atoms with Crippen LogP contribution in [0.2, 0.25) is 0 Å². The van der Waals surface area contributed by atoms with Crippen molar-refractivity contribution in [1.29, 1.82) is 0 Å². The van der Waals surface area contributed by atoms with Crippen molar-refractivity contribution in [3.8, 4) is 0 Å². The van der Waals surface area contributed by atoms with Gasteiger partial charge in [-0.15, -0.1) is 0 Å². The summed E-state index contributed by atoms with van der Waals surface area (Å²) < 4.78 is 56.1. The number of hydrogen-bond acceptors (Lipinski definition) is 8. The smallest absolute Gasteiger partial charge is 0.243 e. The number of nitrogen functional groups attached to an aromatic ring is 1. The molecule has 3 aromatic rings. The number of nitrogens with zero attached hydrogens (tertiary/aromatic N) is 3. The third-order valence-electron chi connectivity index (χ3n) is 7.21. The van der Waals surface area contributed by atoms with Crippen LogP contribution in [0.1, 0.15) is 46.0 Å². The summed E-state index contributed by atoms with van der Waals surface area (Å²) in [7, 11) is -1.53. The van der Waals surface area contributed by atoms with Crippen LogP contribution >= 0.6 is 11.3 Å². The molecule has 202 valence electrons. The number of benzene rings is 2. The average Bonchev–Trinajstić information content (AvgIpc) is 3.49. The van der Waals surface area contributed by atoms with Gasteiger partial charge in [-0.1, -0.05) is 29.5 Å². The number of sulfonamides is 1. The zero-order valence-electron chi connectivity index (χ0n) is 20.9. The van der Waals surface area contributed by atoms with E-state index >= 15 is 0 Å². The lowest BCUT2D eigenvalue weighted by atomic mass is 9.99. The quantitative estimate of drug-likeness (QED) is 0.421. The Morgan fingerprint density at radius 3 is 2.32 bits per heavy atom. The van der Waals surface area contributed by atoms with E-state index < -0.39 is 33.0 Å². The molecule has 5 rings (SSSR count). The minimum atomic E-state index is -3.62. The number of likely N-dealkylation sites (tertiary alicyclic amines) is 1. The molecule has 0 radical (unpaired) electrons. The van der Waals surface area contributed by atoms with E-state index in [9.17, 15) is 22.0 Å². The van der Waals surface area contributed by atoms with Crippen molar-refractivity contribution in [2.75, 3.05) is 44.3 Å². The lowest BCUT2D eigenvalue weighted by Gasteiger charge is -2.31. The van der Waals surface area contributed by atoms with Gasteiger partial charge in [0, 0.05) is 25.7 Å².